The molecule has 2 aromatic rings. The molecule has 0 radical (unpaired) electrons. The minimum Gasteiger partial charge on any atom is -0.484 e. The maximum absolute atomic E-state index is 13.4. The number of hydrogen-bond acceptors (Lipinski definition) is 5. The third-order valence-electron chi connectivity index (χ3n) is 5.58. The first-order valence-electron chi connectivity index (χ1n) is 9.83. The summed E-state index contributed by atoms with van der Waals surface area (Å²) in [6, 6.07) is 4.57. The number of rotatable bonds is 8. The molecular formula is C20H19ClF4N4O4. The van der Waals surface area contributed by atoms with Gasteiger partial charge in [0.2, 0.25) is 5.88 Å². The Kier molecular flexibility index (Phi) is 5.67. The highest BCUT2D eigenvalue weighted by Gasteiger charge is 2.69. The van der Waals surface area contributed by atoms with E-state index in [1.165, 1.54) is 19.2 Å². The topological polar surface area (TPSA) is 94.5 Å². The van der Waals surface area contributed by atoms with Gasteiger partial charge in [-0.1, -0.05) is 11.6 Å². The number of aromatic nitrogens is 2. The van der Waals surface area contributed by atoms with Crippen molar-refractivity contribution >= 4 is 23.4 Å². The largest absolute Gasteiger partial charge is 0.484 e. The number of ether oxygens (including phenoxy) is 2. The number of alkyl halides is 3. The van der Waals surface area contributed by atoms with Gasteiger partial charge in [-0.15, -0.1) is 0 Å². The second-order valence-electron chi connectivity index (χ2n) is 8.33. The van der Waals surface area contributed by atoms with E-state index in [-0.39, 0.29) is 29.2 Å². The van der Waals surface area contributed by atoms with Gasteiger partial charge in [0.25, 0.3) is 11.8 Å². The fourth-order valence-corrected chi connectivity index (χ4v) is 4.41. The molecule has 1 aromatic heterocycles. The van der Waals surface area contributed by atoms with Gasteiger partial charge in [-0.25, -0.2) is 9.07 Å². The average Bonchev–Trinajstić information content (AvgIpc) is 3.06. The summed E-state index contributed by atoms with van der Waals surface area (Å²) in [7, 11) is 1.28. The third kappa shape index (κ3) is 4.85. The number of nitrogens with zero attached hydrogens (tertiary/aromatic N) is 2. The Morgan fingerprint density at radius 2 is 1.67 bits per heavy atom. The lowest BCUT2D eigenvalue weighted by Gasteiger charge is -2.70. The monoisotopic (exact) mass is 490 g/mol. The number of benzene rings is 1. The second-order valence-corrected chi connectivity index (χ2v) is 8.74. The first-order valence-corrected chi connectivity index (χ1v) is 10.2. The van der Waals surface area contributed by atoms with E-state index >= 15 is 0 Å². The molecule has 0 spiro atoms. The van der Waals surface area contributed by atoms with Crippen LogP contribution in [0.5, 0.6) is 11.6 Å². The van der Waals surface area contributed by atoms with E-state index in [1.54, 1.807) is 0 Å². The average molecular weight is 491 g/mol. The predicted molar refractivity (Wildman–Crippen MR) is 106 cm³/mol. The molecule has 0 unspecified atom stereocenters. The molecule has 33 heavy (non-hydrogen) atoms. The summed E-state index contributed by atoms with van der Waals surface area (Å²) in [6.45, 7) is -0.774. The lowest BCUT2D eigenvalue weighted by atomic mass is 9.44. The molecule has 3 saturated carbocycles. The first kappa shape index (κ1) is 23.1. The minimum absolute atomic E-state index is 0.0511. The van der Waals surface area contributed by atoms with Crippen molar-refractivity contribution in [2.45, 2.75) is 36.5 Å². The van der Waals surface area contributed by atoms with Crippen molar-refractivity contribution in [1.29, 1.82) is 0 Å². The standard InChI is InChI=1S/C20H19ClF4N4O4/c1-29-17(5-14(28-29)20(23,24)25)33-7-16(31)27-19-8-18(9-19,10-19)26-15(30)6-32-11-2-3-12(21)13(22)4-11/h2-5H,6-10H2,1H3,(H,26,30)(H,27,31). The summed E-state index contributed by atoms with van der Waals surface area (Å²) in [5.74, 6) is -1.54. The minimum atomic E-state index is -4.61. The van der Waals surface area contributed by atoms with E-state index < -0.39 is 41.3 Å². The zero-order valence-corrected chi connectivity index (χ0v) is 18.0. The van der Waals surface area contributed by atoms with Gasteiger partial charge in [0, 0.05) is 30.3 Å². The highest BCUT2D eigenvalue weighted by Crippen LogP contribution is 2.60. The second kappa shape index (κ2) is 8.08. The van der Waals surface area contributed by atoms with Crippen LogP contribution in [0.1, 0.15) is 25.0 Å². The summed E-state index contributed by atoms with van der Waals surface area (Å²) < 4.78 is 62.8. The summed E-state index contributed by atoms with van der Waals surface area (Å²) in [5.41, 5.74) is -2.02. The fourth-order valence-electron chi connectivity index (χ4n) is 4.30. The molecule has 178 valence electrons. The van der Waals surface area contributed by atoms with Crippen LogP contribution in [0.2, 0.25) is 5.02 Å². The first-order chi connectivity index (χ1) is 15.4. The van der Waals surface area contributed by atoms with Crippen LogP contribution in [0.15, 0.2) is 24.3 Å². The van der Waals surface area contributed by atoms with Gasteiger partial charge in [0.1, 0.15) is 11.6 Å². The molecule has 1 heterocycles. The molecule has 8 nitrogen and oxygen atoms in total. The molecule has 0 saturated heterocycles. The summed E-state index contributed by atoms with van der Waals surface area (Å²) >= 11 is 5.59. The smallest absolute Gasteiger partial charge is 0.435 e. The molecule has 3 fully saturated rings. The zero-order chi connectivity index (χ0) is 24.0. The van der Waals surface area contributed by atoms with Crippen molar-refractivity contribution in [1.82, 2.24) is 20.4 Å². The highest BCUT2D eigenvalue weighted by molar-refractivity contribution is 6.30. The molecule has 0 aliphatic heterocycles. The maximum Gasteiger partial charge on any atom is 0.435 e. The number of aryl methyl sites for hydroxylation is 1. The quantitative estimate of drug-likeness (QED) is 0.555. The molecule has 5 rings (SSSR count). The molecule has 3 aliphatic rings. The Balaban J connectivity index is 1.19. The molecule has 2 N–H and O–H groups in total. The summed E-state index contributed by atoms with van der Waals surface area (Å²) in [5, 5.41) is 8.91. The van der Waals surface area contributed by atoms with Gasteiger partial charge >= 0.3 is 6.18 Å². The van der Waals surface area contributed by atoms with Crippen molar-refractivity contribution in [2.24, 2.45) is 7.05 Å². The predicted octanol–water partition coefficient (Wildman–Crippen LogP) is 2.60. The van der Waals surface area contributed by atoms with Crippen LogP contribution in [0, 0.1) is 5.82 Å². The van der Waals surface area contributed by atoms with Gasteiger partial charge in [-0.3, -0.25) is 9.59 Å². The third-order valence-corrected chi connectivity index (χ3v) is 5.89. The van der Waals surface area contributed by atoms with Crippen molar-refractivity contribution in [2.75, 3.05) is 13.2 Å². The molecule has 1 aromatic carbocycles. The number of carbonyl (C=O) groups excluding carboxylic acids is 2. The van der Waals surface area contributed by atoms with Crippen LogP contribution >= 0.6 is 11.6 Å². The van der Waals surface area contributed by atoms with Gasteiger partial charge in [-0.2, -0.15) is 18.3 Å². The fraction of sp³-hybridized carbons (Fsp3) is 0.450. The van der Waals surface area contributed by atoms with Crippen LogP contribution in [0.3, 0.4) is 0 Å². The van der Waals surface area contributed by atoms with Crippen molar-refractivity contribution in [3.63, 3.8) is 0 Å². The van der Waals surface area contributed by atoms with Crippen LogP contribution in [0.4, 0.5) is 17.6 Å². The van der Waals surface area contributed by atoms with Crippen LogP contribution in [-0.4, -0.2) is 45.9 Å². The van der Waals surface area contributed by atoms with Gasteiger partial charge in [-0.05, 0) is 31.4 Å². The Hall–Kier alpha value is -3.02. The number of hydrogen-bond donors (Lipinski definition) is 2. The molecule has 3 aliphatic carbocycles. The normalized spacial score (nSPS) is 23.2. The number of carbonyl (C=O) groups is 2. The molecule has 2 bridgehead atoms. The maximum atomic E-state index is 13.4. The Labute approximate surface area is 190 Å². The van der Waals surface area contributed by atoms with E-state index in [1.807, 2.05) is 0 Å². The van der Waals surface area contributed by atoms with Gasteiger partial charge in [0.05, 0.1) is 5.02 Å². The van der Waals surface area contributed by atoms with Crippen LogP contribution in [0.25, 0.3) is 0 Å². The molecule has 0 atom stereocenters. The molecular weight excluding hydrogens is 472 g/mol. The van der Waals surface area contributed by atoms with E-state index in [0.717, 1.165) is 16.8 Å². The Morgan fingerprint density at radius 1 is 1.09 bits per heavy atom. The Morgan fingerprint density at radius 3 is 2.18 bits per heavy atom. The van der Waals surface area contributed by atoms with E-state index in [0.29, 0.717) is 19.3 Å². The summed E-state index contributed by atoms with van der Waals surface area (Å²) in [6.07, 6.45) is -3.08. The lowest BCUT2D eigenvalue weighted by molar-refractivity contribution is -0.151. The molecule has 13 heteroatoms. The van der Waals surface area contributed by atoms with Gasteiger partial charge in [0.15, 0.2) is 18.9 Å². The van der Waals surface area contributed by atoms with Crippen molar-refractivity contribution < 1.29 is 36.6 Å². The van der Waals surface area contributed by atoms with Crippen molar-refractivity contribution in [3.8, 4) is 11.6 Å². The van der Waals surface area contributed by atoms with Crippen LogP contribution in [-0.2, 0) is 22.8 Å². The van der Waals surface area contributed by atoms with Crippen molar-refractivity contribution in [3.05, 3.63) is 40.8 Å². The lowest BCUT2D eigenvalue weighted by Crippen LogP contribution is -2.84. The Bertz CT molecular complexity index is 1080. The van der Waals surface area contributed by atoms with E-state index in [9.17, 15) is 27.2 Å². The number of halogens is 5. The highest BCUT2D eigenvalue weighted by atomic mass is 35.5. The number of nitrogens with one attached hydrogen (secondary N) is 2. The van der Waals surface area contributed by atoms with Crippen LogP contribution < -0.4 is 20.1 Å². The van der Waals surface area contributed by atoms with Gasteiger partial charge < -0.3 is 20.1 Å². The van der Waals surface area contributed by atoms with E-state index in [2.05, 4.69) is 15.7 Å². The number of amides is 2. The van der Waals surface area contributed by atoms with E-state index in [4.69, 9.17) is 21.1 Å². The SMILES string of the molecule is Cn1nc(C(F)(F)F)cc1OCC(=O)NC12CC(NC(=O)COc3ccc(Cl)c(F)c3)(C1)C2. The zero-order valence-electron chi connectivity index (χ0n) is 17.3. The summed E-state index contributed by atoms with van der Waals surface area (Å²) in [4.78, 5) is 24.3. The molecule has 2 amide bonds.